The third-order valence-corrected chi connectivity index (χ3v) is 2.44. The quantitative estimate of drug-likeness (QED) is 0.624. The van der Waals surface area contributed by atoms with Crippen molar-refractivity contribution in [2.45, 2.75) is 12.7 Å². The van der Waals surface area contributed by atoms with Gasteiger partial charge in [0.1, 0.15) is 11.8 Å². The Bertz CT molecular complexity index is 391. The lowest BCUT2D eigenvalue weighted by Gasteiger charge is -2.25. The Labute approximate surface area is 103 Å². The zero-order chi connectivity index (χ0) is 13.8. The largest absolute Gasteiger partial charge is 0.399 e. The van der Waals surface area contributed by atoms with Crippen LogP contribution < -0.4 is 5.73 Å². The van der Waals surface area contributed by atoms with Crippen LogP contribution in [0.2, 0.25) is 0 Å². The second-order valence-electron chi connectivity index (χ2n) is 4.11. The molecular formula is C11H15F3N4. The molecule has 18 heavy (non-hydrogen) atoms. The van der Waals surface area contributed by atoms with E-state index in [-0.39, 0.29) is 6.54 Å². The molecule has 0 radical (unpaired) electrons. The predicted octanol–water partition coefficient (Wildman–Crippen LogP) is 1.63. The molecular weight excluding hydrogens is 245 g/mol. The second kappa shape index (κ2) is 5.81. The van der Waals surface area contributed by atoms with Gasteiger partial charge in [0.2, 0.25) is 0 Å². The van der Waals surface area contributed by atoms with Crippen LogP contribution in [-0.2, 0) is 6.54 Å². The highest BCUT2D eigenvalue weighted by atomic mass is 19.4. The molecule has 0 fully saturated rings. The van der Waals surface area contributed by atoms with Gasteiger partial charge in [0, 0.05) is 25.5 Å². The topological polar surface area (TPSA) is 66.0 Å². The fourth-order valence-electron chi connectivity index (χ4n) is 1.56. The molecule has 0 saturated carbocycles. The van der Waals surface area contributed by atoms with E-state index in [9.17, 15) is 13.2 Å². The maximum Gasteiger partial charge on any atom is 0.399 e. The predicted molar refractivity (Wildman–Crippen MR) is 62.0 cm³/mol. The molecule has 7 heteroatoms. The van der Waals surface area contributed by atoms with Crippen LogP contribution in [0.4, 0.5) is 13.2 Å². The molecule has 0 aromatic carbocycles. The van der Waals surface area contributed by atoms with Crippen molar-refractivity contribution in [3.05, 3.63) is 30.1 Å². The average molecular weight is 260 g/mol. The van der Waals surface area contributed by atoms with E-state index >= 15 is 0 Å². The van der Waals surface area contributed by atoms with Gasteiger partial charge >= 0.3 is 6.18 Å². The number of nitrogens with two attached hydrogens (primary N) is 1. The van der Waals surface area contributed by atoms with Crippen molar-refractivity contribution < 1.29 is 13.2 Å². The lowest BCUT2D eigenvalue weighted by atomic mass is 10.1. The first-order chi connectivity index (χ1) is 8.30. The molecule has 1 atom stereocenters. The average Bonchev–Trinajstić information content (AvgIpc) is 2.25. The van der Waals surface area contributed by atoms with E-state index in [4.69, 9.17) is 11.1 Å². The van der Waals surface area contributed by atoms with Gasteiger partial charge in [-0.2, -0.15) is 13.2 Å². The van der Waals surface area contributed by atoms with Crippen molar-refractivity contribution in [1.82, 2.24) is 9.88 Å². The Morgan fingerprint density at radius 1 is 1.56 bits per heavy atom. The van der Waals surface area contributed by atoms with E-state index in [1.54, 1.807) is 31.6 Å². The van der Waals surface area contributed by atoms with Gasteiger partial charge in [-0.15, -0.1) is 0 Å². The summed E-state index contributed by atoms with van der Waals surface area (Å²) in [5.41, 5.74) is 5.80. The molecule has 4 nitrogen and oxygen atoms in total. The smallest absolute Gasteiger partial charge is 0.387 e. The third-order valence-electron chi connectivity index (χ3n) is 2.44. The van der Waals surface area contributed by atoms with Gasteiger partial charge in [0.25, 0.3) is 0 Å². The molecule has 1 aromatic rings. The number of aromatic nitrogens is 1. The van der Waals surface area contributed by atoms with Crippen molar-refractivity contribution in [3.63, 3.8) is 0 Å². The SMILES string of the molecule is CN(Cc1cccnc1)CC(C(=N)N)C(F)(F)F. The van der Waals surface area contributed by atoms with E-state index < -0.39 is 17.9 Å². The highest BCUT2D eigenvalue weighted by Crippen LogP contribution is 2.26. The zero-order valence-electron chi connectivity index (χ0n) is 9.91. The maximum atomic E-state index is 12.6. The summed E-state index contributed by atoms with van der Waals surface area (Å²) >= 11 is 0. The van der Waals surface area contributed by atoms with Crippen molar-refractivity contribution in [2.75, 3.05) is 13.6 Å². The van der Waals surface area contributed by atoms with Crippen LogP contribution in [-0.4, -0.2) is 35.5 Å². The van der Waals surface area contributed by atoms with Gasteiger partial charge in [0.15, 0.2) is 0 Å². The summed E-state index contributed by atoms with van der Waals surface area (Å²) in [6.45, 7) is -0.0125. The van der Waals surface area contributed by atoms with Crippen LogP contribution in [0.1, 0.15) is 5.56 Å². The first kappa shape index (κ1) is 14.4. The number of pyridine rings is 1. The number of alkyl halides is 3. The molecule has 100 valence electrons. The number of amidine groups is 1. The summed E-state index contributed by atoms with van der Waals surface area (Å²) < 4.78 is 37.8. The van der Waals surface area contributed by atoms with Crippen molar-refractivity contribution in [1.29, 1.82) is 5.41 Å². The van der Waals surface area contributed by atoms with Crippen LogP contribution >= 0.6 is 0 Å². The van der Waals surface area contributed by atoms with Crippen LogP contribution in [0.25, 0.3) is 0 Å². The summed E-state index contributed by atoms with van der Waals surface area (Å²) in [4.78, 5) is 5.35. The van der Waals surface area contributed by atoms with E-state index in [1.807, 2.05) is 0 Å². The minimum absolute atomic E-state index is 0.327. The first-order valence-corrected chi connectivity index (χ1v) is 5.28. The van der Waals surface area contributed by atoms with Gasteiger partial charge in [-0.3, -0.25) is 10.4 Å². The molecule has 0 aliphatic carbocycles. The number of hydrogen-bond donors (Lipinski definition) is 2. The molecule has 1 aromatic heterocycles. The minimum atomic E-state index is -4.49. The first-order valence-electron chi connectivity index (χ1n) is 5.28. The zero-order valence-corrected chi connectivity index (χ0v) is 9.91. The molecule has 0 bridgehead atoms. The maximum absolute atomic E-state index is 12.6. The molecule has 1 heterocycles. The summed E-state index contributed by atoms with van der Waals surface area (Å²) in [6.07, 6.45) is -1.31. The lowest BCUT2D eigenvalue weighted by Crippen LogP contribution is -2.42. The minimum Gasteiger partial charge on any atom is -0.387 e. The van der Waals surface area contributed by atoms with Gasteiger partial charge in [-0.25, -0.2) is 0 Å². The summed E-state index contributed by atoms with van der Waals surface area (Å²) in [7, 11) is 1.55. The summed E-state index contributed by atoms with van der Waals surface area (Å²) in [6, 6.07) is 3.50. The summed E-state index contributed by atoms with van der Waals surface area (Å²) in [5, 5.41) is 7.00. The Hall–Kier alpha value is -1.63. The monoisotopic (exact) mass is 260 g/mol. The van der Waals surface area contributed by atoms with Gasteiger partial charge < -0.3 is 10.6 Å². The second-order valence-corrected chi connectivity index (χ2v) is 4.11. The van der Waals surface area contributed by atoms with E-state index in [0.717, 1.165) is 5.56 Å². The van der Waals surface area contributed by atoms with Crippen LogP contribution in [0.5, 0.6) is 0 Å². The number of nitrogens with one attached hydrogen (secondary N) is 1. The van der Waals surface area contributed by atoms with Crippen molar-refractivity contribution in [3.8, 4) is 0 Å². The summed E-state index contributed by atoms with van der Waals surface area (Å²) in [5.74, 6) is -2.79. The molecule has 0 aliphatic rings. The fraction of sp³-hybridized carbons (Fsp3) is 0.455. The molecule has 0 saturated heterocycles. The number of hydrogen-bond acceptors (Lipinski definition) is 3. The lowest BCUT2D eigenvalue weighted by molar-refractivity contribution is -0.159. The molecule has 0 spiro atoms. The molecule has 3 N–H and O–H groups in total. The molecule has 1 rings (SSSR count). The van der Waals surface area contributed by atoms with Gasteiger partial charge in [0.05, 0.1) is 0 Å². The standard InChI is InChI=1S/C11H15F3N4/c1-18(6-8-3-2-4-17-5-8)7-9(10(15)16)11(12,13)14/h2-5,9H,6-7H2,1H3,(H3,15,16). The molecule has 0 aliphatic heterocycles. The highest BCUT2D eigenvalue weighted by molar-refractivity contribution is 5.80. The fourth-order valence-corrected chi connectivity index (χ4v) is 1.56. The van der Waals surface area contributed by atoms with Gasteiger partial charge in [-0.05, 0) is 18.7 Å². The Morgan fingerprint density at radius 3 is 2.67 bits per heavy atom. The number of rotatable bonds is 5. The Balaban J connectivity index is 2.63. The Morgan fingerprint density at radius 2 is 2.22 bits per heavy atom. The van der Waals surface area contributed by atoms with E-state index in [0.29, 0.717) is 6.54 Å². The molecule has 1 unspecified atom stereocenters. The molecule has 0 amide bonds. The number of nitrogens with zero attached hydrogens (tertiary/aromatic N) is 2. The normalized spacial score (nSPS) is 13.6. The van der Waals surface area contributed by atoms with E-state index in [2.05, 4.69) is 4.98 Å². The van der Waals surface area contributed by atoms with E-state index in [1.165, 1.54) is 4.90 Å². The number of halogens is 3. The third kappa shape index (κ3) is 4.33. The van der Waals surface area contributed by atoms with Crippen LogP contribution in [0, 0.1) is 11.3 Å². The van der Waals surface area contributed by atoms with Crippen LogP contribution in [0.15, 0.2) is 24.5 Å². The Kier molecular flexibility index (Phi) is 4.66. The van der Waals surface area contributed by atoms with Crippen molar-refractivity contribution in [2.24, 2.45) is 11.7 Å². The van der Waals surface area contributed by atoms with Gasteiger partial charge in [-0.1, -0.05) is 6.07 Å². The van der Waals surface area contributed by atoms with Crippen LogP contribution in [0.3, 0.4) is 0 Å². The highest BCUT2D eigenvalue weighted by Gasteiger charge is 2.42. The van der Waals surface area contributed by atoms with Crippen molar-refractivity contribution >= 4 is 5.84 Å².